The van der Waals surface area contributed by atoms with Gasteiger partial charge in [-0.25, -0.2) is 4.98 Å². The Morgan fingerprint density at radius 3 is 2.27 bits per heavy atom. The minimum Gasteiger partial charge on any atom is -0.343 e. The third-order valence-corrected chi connectivity index (χ3v) is 5.05. The van der Waals surface area contributed by atoms with E-state index >= 15 is 0 Å². The van der Waals surface area contributed by atoms with Gasteiger partial charge in [0.1, 0.15) is 0 Å². The summed E-state index contributed by atoms with van der Waals surface area (Å²) in [6, 6.07) is 24.3. The Bertz CT molecular complexity index is 1190. The zero-order valence-electron chi connectivity index (χ0n) is 16.8. The zero-order chi connectivity index (χ0) is 21.1. The van der Waals surface area contributed by atoms with Crippen LogP contribution in [-0.4, -0.2) is 28.2 Å². The van der Waals surface area contributed by atoms with E-state index in [9.17, 15) is 9.59 Å². The van der Waals surface area contributed by atoms with Crippen LogP contribution in [0, 0.1) is 0 Å². The Morgan fingerprint density at radius 2 is 1.57 bits per heavy atom. The summed E-state index contributed by atoms with van der Waals surface area (Å²) in [4.78, 5) is 32.1. The number of nitrogens with zero attached hydrogens (tertiary/aromatic N) is 3. The Morgan fingerprint density at radius 1 is 0.933 bits per heavy atom. The van der Waals surface area contributed by atoms with Crippen LogP contribution in [0.25, 0.3) is 5.52 Å². The van der Waals surface area contributed by atoms with Crippen LogP contribution in [0.1, 0.15) is 39.6 Å². The number of fused-ring (bicyclic) bond motifs is 1. The largest absolute Gasteiger partial charge is 0.343 e. The highest BCUT2D eigenvalue weighted by Gasteiger charge is 2.25. The summed E-state index contributed by atoms with van der Waals surface area (Å²) in [5.74, 6) is -0.438. The van der Waals surface area contributed by atoms with Crippen molar-refractivity contribution in [2.24, 2.45) is 0 Å². The van der Waals surface area contributed by atoms with Crippen molar-refractivity contribution in [2.75, 3.05) is 11.9 Å². The Balaban J connectivity index is 1.67. The molecule has 2 aromatic carbocycles. The van der Waals surface area contributed by atoms with Gasteiger partial charge in [-0.3, -0.25) is 14.0 Å². The molecule has 2 aromatic heterocycles. The molecule has 6 heteroatoms. The maximum absolute atomic E-state index is 13.2. The fourth-order valence-electron chi connectivity index (χ4n) is 3.37. The van der Waals surface area contributed by atoms with Crippen molar-refractivity contribution in [1.29, 1.82) is 0 Å². The number of amides is 2. The number of pyridine rings is 1. The van der Waals surface area contributed by atoms with Crippen LogP contribution in [0.2, 0.25) is 0 Å². The molecule has 0 saturated heterocycles. The van der Waals surface area contributed by atoms with Crippen LogP contribution < -0.4 is 10.2 Å². The van der Waals surface area contributed by atoms with Crippen LogP contribution in [0.4, 0.5) is 5.69 Å². The molecule has 1 unspecified atom stereocenters. The summed E-state index contributed by atoms with van der Waals surface area (Å²) < 4.78 is 1.65. The number of hydrogen-bond donors (Lipinski definition) is 1. The molecule has 30 heavy (non-hydrogen) atoms. The minimum absolute atomic E-state index is 0.179. The SMILES string of the molecule is CC(NC(=O)c1nc(C(=O)N(C)c2ccccc2)c2ccccn12)c1ccccc1. The van der Waals surface area contributed by atoms with Gasteiger partial charge in [0.25, 0.3) is 11.8 Å². The van der Waals surface area contributed by atoms with E-state index in [1.54, 1.807) is 29.8 Å². The summed E-state index contributed by atoms with van der Waals surface area (Å²) in [5, 5.41) is 2.97. The van der Waals surface area contributed by atoms with Gasteiger partial charge in [0.15, 0.2) is 5.69 Å². The number of para-hydroxylation sites is 1. The van der Waals surface area contributed by atoms with Gasteiger partial charge >= 0.3 is 0 Å². The lowest BCUT2D eigenvalue weighted by molar-refractivity contribution is 0.0928. The van der Waals surface area contributed by atoms with Crippen molar-refractivity contribution in [3.63, 3.8) is 0 Å². The van der Waals surface area contributed by atoms with Crippen LogP contribution in [0.5, 0.6) is 0 Å². The molecule has 4 aromatic rings. The van der Waals surface area contributed by atoms with Crippen LogP contribution in [-0.2, 0) is 0 Å². The molecule has 0 saturated carbocycles. The molecule has 1 N–H and O–H groups in total. The summed E-state index contributed by atoms with van der Waals surface area (Å²) in [6.07, 6.45) is 1.74. The van der Waals surface area contributed by atoms with E-state index < -0.39 is 0 Å². The molecule has 0 fully saturated rings. The standard InChI is InChI=1S/C24H22N4O2/c1-17(18-11-5-3-6-12-18)25-23(29)22-26-21(20-15-9-10-16-28(20)22)24(30)27(2)19-13-7-4-8-14-19/h3-17H,1-2H3,(H,25,29). The number of aromatic nitrogens is 2. The average molecular weight is 398 g/mol. The highest BCUT2D eigenvalue weighted by atomic mass is 16.2. The fraction of sp³-hybridized carbons (Fsp3) is 0.125. The second kappa shape index (κ2) is 8.21. The smallest absolute Gasteiger partial charge is 0.288 e. The Labute approximate surface area is 174 Å². The minimum atomic E-state index is -0.339. The molecule has 2 heterocycles. The van der Waals surface area contributed by atoms with Crippen molar-refractivity contribution in [2.45, 2.75) is 13.0 Å². The normalized spacial score (nSPS) is 11.8. The quantitative estimate of drug-likeness (QED) is 0.550. The van der Waals surface area contributed by atoms with E-state index in [2.05, 4.69) is 10.3 Å². The molecular weight excluding hydrogens is 376 g/mol. The van der Waals surface area contributed by atoms with Crippen molar-refractivity contribution in [1.82, 2.24) is 14.7 Å². The molecule has 0 bridgehead atoms. The Hall–Kier alpha value is -3.93. The fourth-order valence-corrected chi connectivity index (χ4v) is 3.37. The average Bonchev–Trinajstić information content (AvgIpc) is 3.19. The van der Waals surface area contributed by atoms with Gasteiger partial charge in [-0.05, 0) is 36.8 Å². The monoisotopic (exact) mass is 398 g/mol. The van der Waals surface area contributed by atoms with Gasteiger partial charge in [0.05, 0.1) is 11.6 Å². The van der Waals surface area contributed by atoms with Crippen molar-refractivity contribution in [3.05, 3.63) is 102 Å². The van der Waals surface area contributed by atoms with Gasteiger partial charge in [0.2, 0.25) is 5.82 Å². The van der Waals surface area contributed by atoms with E-state index in [0.29, 0.717) is 5.52 Å². The second-order valence-electron chi connectivity index (χ2n) is 7.05. The summed E-state index contributed by atoms with van der Waals surface area (Å²) in [6.45, 7) is 1.91. The first-order chi connectivity index (χ1) is 14.6. The van der Waals surface area contributed by atoms with E-state index in [1.165, 1.54) is 4.90 Å². The summed E-state index contributed by atoms with van der Waals surface area (Å²) in [5.41, 5.74) is 2.57. The van der Waals surface area contributed by atoms with Gasteiger partial charge < -0.3 is 10.2 Å². The summed E-state index contributed by atoms with van der Waals surface area (Å²) in [7, 11) is 1.70. The highest BCUT2D eigenvalue weighted by Crippen LogP contribution is 2.20. The molecule has 0 aliphatic carbocycles. The number of rotatable bonds is 5. The maximum Gasteiger partial charge on any atom is 0.288 e. The predicted octanol–water partition coefficient (Wildman–Crippen LogP) is 4.10. The number of imidazole rings is 1. The number of nitrogens with one attached hydrogen (secondary N) is 1. The molecule has 2 amide bonds. The molecular formula is C24H22N4O2. The highest BCUT2D eigenvalue weighted by molar-refractivity contribution is 6.10. The van der Waals surface area contributed by atoms with Crippen molar-refractivity contribution < 1.29 is 9.59 Å². The Kier molecular flexibility index (Phi) is 5.30. The lowest BCUT2D eigenvalue weighted by Crippen LogP contribution is -2.29. The first-order valence-corrected chi connectivity index (χ1v) is 9.72. The third kappa shape index (κ3) is 3.67. The molecule has 0 spiro atoms. The molecule has 4 rings (SSSR count). The van der Waals surface area contributed by atoms with Crippen LogP contribution in [0.3, 0.4) is 0 Å². The van der Waals surface area contributed by atoms with E-state index in [4.69, 9.17) is 0 Å². The molecule has 0 aliphatic heterocycles. The molecule has 0 radical (unpaired) electrons. The van der Waals surface area contributed by atoms with Gasteiger partial charge in [-0.15, -0.1) is 0 Å². The number of benzene rings is 2. The van der Waals surface area contributed by atoms with Crippen LogP contribution in [0.15, 0.2) is 85.1 Å². The number of carbonyl (C=O) groups is 2. The topological polar surface area (TPSA) is 66.7 Å². The number of carbonyl (C=O) groups excluding carboxylic acids is 2. The van der Waals surface area contributed by atoms with Gasteiger partial charge in [-0.2, -0.15) is 0 Å². The zero-order valence-corrected chi connectivity index (χ0v) is 16.8. The van der Waals surface area contributed by atoms with Gasteiger partial charge in [-0.1, -0.05) is 54.6 Å². The molecule has 1 atom stereocenters. The van der Waals surface area contributed by atoms with Crippen LogP contribution >= 0.6 is 0 Å². The summed E-state index contributed by atoms with van der Waals surface area (Å²) >= 11 is 0. The van der Waals surface area contributed by atoms with E-state index in [1.807, 2.05) is 73.7 Å². The number of hydrogen-bond acceptors (Lipinski definition) is 3. The second-order valence-corrected chi connectivity index (χ2v) is 7.05. The first kappa shape index (κ1) is 19.4. The van der Waals surface area contributed by atoms with Crippen molar-refractivity contribution >= 4 is 23.0 Å². The lowest BCUT2D eigenvalue weighted by atomic mass is 10.1. The predicted molar refractivity (Wildman–Crippen MR) is 117 cm³/mol. The molecule has 6 nitrogen and oxygen atoms in total. The van der Waals surface area contributed by atoms with Crippen molar-refractivity contribution in [3.8, 4) is 0 Å². The maximum atomic E-state index is 13.2. The van der Waals surface area contributed by atoms with E-state index in [-0.39, 0.29) is 29.4 Å². The molecule has 0 aliphatic rings. The van der Waals surface area contributed by atoms with Gasteiger partial charge in [0, 0.05) is 18.9 Å². The first-order valence-electron chi connectivity index (χ1n) is 9.72. The van der Waals surface area contributed by atoms with E-state index in [0.717, 1.165) is 11.3 Å². The number of anilines is 1. The molecule has 150 valence electrons. The lowest BCUT2D eigenvalue weighted by Gasteiger charge is -2.16. The third-order valence-electron chi connectivity index (χ3n) is 5.05.